The number of pyridine rings is 1. The molecule has 4 nitrogen and oxygen atoms in total. The molecule has 0 saturated carbocycles. The summed E-state index contributed by atoms with van der Waals surface area (Å²) in [4.78, 5) is 20.4. The fraction of sp³-hybridized carbons (Fsp3) is 0.188. The van der Waals surface area contributed by atoms with Gasteiger partial charge in [-0.3, -0.25) is 4.79 Å². The van der Waals surface area contributed by atoms with Crippen LogP contribution in [0.2, 0.25) is 0 Å². The number of carbonyl (C=O) groups is 1. The first kappa shape index (κ1) is 24.4. The number of aromatic nitrogens is 2. The second-order valence-corrected chi connectivity index (χ2v) is 9.46. The van der Waals surface area contributed by atoms with Gasteiger partial charge in [0.05, 0.1) is 5.69 Å². The molecular formula is C32H30FN3O. The van der Waals surface area contributed by atoms with Gasteiger partial charge < -0.3 is 9.30 Å². The third-order valence-corrected chi connectivity index (χ3v) is 6.77. The van der Waals surface area contributed by atoms with E-state index >= 15 is 0 Å². The summed E-state index contributed by atoms with van der Waals surface area (Å²) < 4.78 is 16.3. The number of hydrogen-bond donors (Lipinski definition) is 0. The van der Waals surface area contributed by atoms with Crippen LogP contribution in [0, 0.1) is 12.7 Å². The van der Waals surface area contributed by atoms with Gasteiger partial charge in [-0.05, 0) is 59.9 Å². The van der Waals surface area contributed by atoms with Gasteiger partial charge in [-0.15, -0.1) is 0 Å². The zero-order valence-electron chi connectivity index (χ0n) is 20.9. The molecule has 0 bridgehead atoms. The van der Waals surface area contributed by atoms with E-state index in [1.165, 1.54) is 17.7 Å². The van der Waals surface area contributed by atoms with Crippen molar-refractivity contribution in [2.45, 2.75) is 32.2 Å². The molecule has 5 heteroatoms. The first-order valence-electron chi connectivity index (χ1n) is 12.6. The molecule has 0 saturated heterocycles. The molecule has 0 spiro atoms. The fourth-order valence-electron chi connectivity index (χ4n) is 4.78. The van der Waals surface area contributed by atoms with Crippen LogP contribution < -0.4 is 0 Å². The molecule has 0 aliphatic carbocycles. The quantitative estimate of drug-likeness (QED) is 0.234. The summed E-state index contributed by atoms with van der Waals surface area (Å²) in [7, 11) is 0. The molecule has 5 rings (SSSR count). The number of imidazole rings is 1. The molecule has 1 atom stereocenters. The Morgan fingerprint density at radius 3 is 2.38 bits per heavy atom. The molecule has 1 amide bonds. The van der Waals surface area contributed by atoms with Crippen LogP contribution in [0.1, 0.15) is 40.3 Å². The number of aryl methyl sites for hydroxylation is 1. The average Bonchev–Trinajstić information content (AvgIpc) is 3.33. The maximum absolute atomic E-state index is 14.3. The lowest BCUT2D eigenvalue weighted by Gasteiger charge is -2.26. The molecular weight excluding hydrogens is 461 g/mol. The summed E-state index contributed by atoms with van der Waals surface area (Å²) in [5.41, 5.74) is 5.82. The van der Waals surface area contributed by atoms with Gasteiger partial charge in [0.15, 0.2) is 0 Å². The minimum atomic E-state index is -0.337. The van der Waals surface area contributed by atoms with E-state index < -0.39 is 0 Å². The number of halogens is 1. The fourth-order valence-corrected chi connectivity index (χ4v) is 4.78. The first-order valence-corrected chi connectivity index (χ1v) is 12.6. The van der Waals surface area contributed by atoms with Crippen molar-refractivity contribution in [3.63, 3.8) is 0 Å². The van der Waals surface area contributed by atoms with E-state index in [1.807, 2.05) is 95.3 Å². The topological polar surface area (TPSA) is 37.6 Å². The molecule has 2 heterocycles. The van der Waals surface area contributed by atoms with Crippen LogP contribution in [0.25, 0.3) is 5.65 Å². The molecule has 0 radical (unpaired) electrons. The van der Waals surface area contributed by atoms with Crippen LogP contribution in [-0.2, 0) is 17.8 Å². The van der Waals surface area contributed by atoms with Gasteiger partial charge in [0.1, 0.15) is 11.5 Å². The summed E-state index contributed by atoms with van der Waals surface area (Å²) in [6, 6.07) is 30.8. The van der Waals surface area contributed by atoms with Crippen molar-refractivity contribution in [3.05, 3.63) is 143 Å². The maximum Gasteiger partial charge on any atom is 0.223 e. The maximum atomic E-state index is 14.3. The summed E-state index contributed by atoms with van der Waals surface area (Å²) in [5, 5.41) is 0. The van der Waals surface area contributed by atoms with Crippen molar-refractivity contribution in [2.75, 3.05) is 6.54 Å². The Bertz CT molecular complexity index is 1480. The molecule has 37 heavy (non-hydrogen) atoms. The molecule has 5 aromatic rings. The van der Waals surface area contributed by atoms with Crippen molar-refractivity contribution >= 4 is 11.6 Å². The lowest BCUT2D eigenvalue weighted by atomic mass is 9.91. The second kappa shape index (κ2) is 11.2. The van der Waals surface area contributed by atoms with E-state index in [9.17, 15) is 9.18 Å². The summed E-state index contributed by atoms with van der Waals surface area (Å²) in [5.74, 6) is -0.628. The zero-order valence-corrected chi connectivity index (χ0v) is 20.9. The van der Waals surface area contributed by atoms with Crippen LogP contribution in [-0.4, -0.2) is 26.7 Å². The Labute approximate surface area is 217 Å². The van der Waals surface area contributed by atoms with Crippen molar-refractivity contribution < 1.29 is 9.18 Å². The number of amides is 1. The van der Waals surface area contributed by atoms with Crippen molar-refractivity contribution in [1.29, 1.82) is 0 Å². The molecule has 0 fully saturated rings. The van der Waals surface area contributed by atoms with Gasteiger partial charge in [0.25, 0.3) is 0 Å². The SMILES string of the molecule is Cc1ccn2c(C(CC(=O)N(CCc3ccccc3)Cc3ccccc3)c3cccc(F)c3)cnc2c1. The molecule has 3 aromatic carbocycles. The van der Waals surface area contributed by atoms with Crippen molar-refractivity contribution in [2.24, 2.45) is 0 Å². The number of rotatable bonds is 9. The number of carbonyl (C=O) groups excluding carboxylic acids is 1. The highest BCUT2D eigenvalue weighted by atomic mass is 19.1. The van der Waals surface area contributed by atoms with E-state index in [-0.39, 0.29) is 24.1 Å². The van der Waals surface area contributed by atoms with Gasteiger partial charge in [-0.25, -0.2) is 9.37 Å². The largest absolute Gasteiger partial charge is 0.338 e. The Kier molecular flexibility index (Phi) is 7.41. The molecule has 0 aliphatic rings. The molecule has 2 aromatic heterocycles. The highest BCUT2D eigenvalue weighted by Crippen LogP contribution is 2.30. The normalized spacial score (nSPS) is 11.9. The number of hydrogen-bond acceptors (Lipinski definition) is 2. The summed E-state index contributed by atoms with van der Waals surface area (Å²) in [6.07, 6.45) is 4.76. The van der Waals surface area contributed by atoms with E-state index in [2.05, 4.69) is 17.1 Å². The van der Waals surface area contributed by atoms with Gasteiger partial charge in [0, 0.05) is 37.8 Å². The minimum absolute atomic E-state index is 0.0242. The van der Waals surface area contributed by atoms with E-state index in [4.69, 9.17) is 0 Å². The molecule has 1 unspecified atom stereocenters. The smallest absolute Gasteiger partial charge is 0.223 e. The van der Waals surface area contributed by atoms with Gasteiger partial charge in [0.2, 0.25) is 5.91 Å². The lowest BCUT2D eigenvalue weighted by molar-refractivity contribution is -0.132. The molecule has 0 aliphatic heterocycles. The van der Waals surface area contributed by atoms with Gasteiger partial charge in [-0.2, -0.15) is 0 Å². The lowest BCUT2D eigenvalue weighted by Crippen LogP contribution is -2.33. The van der Waals surface area contributed by atoms with E-state index in [1.54, 1.807) is 6.07 Å². The van der Waals surface area contributed by atoms with Gasteiger partial charge >= 0.3 is 0 Å². The third-order valence-electron chi connectivity index (χ3n) is 6.77. The summed E-state index contributed by atoms with van der Waals surface area (Å²) >= 11 is 0. The Morgan fingerprint density at radius 2 is 1.65 bits per heavy atom. The van der Waals surface area contributed by atoms with E-state index in [0.717, 1.165) is 34.5 Å². The Balaban J connectivity index is 1.47. The second-order valence-electron chi connectivity index (χ2n) is 9.46. The Morgan fingerprint density at radius 1 is 0.919 bits per heavy atom. The molecule has 0 N–H and O–H groups in total. The van der Waals surface area contributed by atoms with Crippen LogP contribution in [0.3, 0.4) is 0 Å². The molecule has 186 valence electrons. The van der Waals surface area contributed by atoms with Crippen LogP contribution in [0.5, 0.6) is 0 Å². The zero-order chi connectivity index (χ0) is 25.6. The minimum Gasteiger partial charge on any atom is -0.338 e. The highest BCUT2D eigenvalue weighted by Gasteiger charge is 2.25. The number of fused-ring (bicyclic) bond motifs is 1. The predicted molar refractivity (Wildman–Crippen MR) is 145 cm³/mol. The Hall–Kier alpha value is -4.25. The summed E-state index contributed by atoms with van der Waals surface area (Å²) in [6.45, 7) is 3.14. The highest BCUT2D eigenvalue weighted by molar-refractivity contribution is 5.78. The van der Waals surface area contributed by atoms with Crippen LogP contribution >= 0.6 is 0 Å². The van der Waals surface area contributed by atoms with Crippen LogP contribution in [0.4, 0.5) is 4.39 Å². The average molecular weight is 492 g/mol. The van der Waals surface area contributed by atoms with Crippen LogP contribution in [0.15, 0.2) is 109 Å². The first-order chi connectivity index (χ1) is 18.1. The van der Waals surface area contributed by atoms with Crippen molar-refractivity contribution in [3.8, 4) is 0 Å². The van der Waals surface area contributed by atoms with Crippen molar-refractivity contribution in [1.82, 2.24) is 14.3 Å². The number of nitrogens with zero attached hydrogens (tertiary/aromatic N) is 3. The van der Waals surface area contributed by atoms with Gasteiger partial charge in [-0.1, -0.05) is 72.8 Å². The monoisotopic (exact) mass is 491 g/mol. The predicted octanol–water partition coefficient (Wildman–Crippen LogP) is 6.58. The standard InChI is InChI=1S/C32H30FN3O/c1-24-15-18-36-30(22-34-31(36)19-24)29(27-13-8-14-28(33)20-27)21-32(37)35(23-26-11-6-3-7-12-26)17-16-25-9-4-2-5-10-25/h2-15,18-20,22,29H,16-17,21,23H2,1H3. The number of benzene rings is 3. The van der Waals surface area contributed by atoms with E-state index in [0.29, 0.717) is 13.1 Å². The third kappa shape index (κ3) is 5.95.